The van der Waals surface area contributed by atoms with Gasteiger partial charge in [-0.15, -0.1) is 0 Å². The average molecular weight is 867 g/mol. The second kappa shape index (κ2) is 14.9. The van der Waals surface area contributed by atoms with Crippen molar-refractivity contribution in [1.29, 1.82) is 0 Å². The van der Waals surface area contributed by atoms with Crippen molar-refractivity contribution in [3.63, 3.8) is 0 Å². The zero-order valence-electron chi connectivity index (χ0n) is 32.7. The Labute approximate surface area is 350 Å². The maximum absolute atomic E-state index is 6.75. The first-order chi connectivity index (χ1) is 28.4. The summed E-state index contributed by atoms with van der Waals surface area (Å²) in [5.41, 5.74) is 12.9. The molecule has 1 aromatic heterocycles. The van der Waals surface area contributed by atoms with E-state index in [2.05, 4.69) is 211 Å². The zero-order chi connectivity index (χ0) is 39.2. The number of hydrogen-bond donors (Lipinski definition) is 0. The molecule has 0 saturated carbocycles. The molecule has 5 nitrogen and oxygen atoms in total. The number of aromatic nitrogens is 1. The standard InChI is InChI=1S/C52H42N4OTe/c1-52(2,3)40-27-28-53-51(32-40)56-47-23-12-13-24-49(47)58-50-26-25-44(34-48(50)56)57-43-20-14-19-41(33-43)54-35-55(46-22-11-10-21-45(46)54)42-30-38(36-15-6-4-7-16-36)29-39(31-42)37-17-8-5-9-18-37/h4-34H,35H2,1-3H3. The van der Waals surface area contributed by atoms with E-state index < -0.39 is 20.9 Å². The van der Waals surface area contributed by atoms with Gasteiger partial charge in [-0.05, 0) is 40.5 Å². The zero-order valence-corrected chi connectivity index (χ0v) is 35.0. The number of hydrogen-bond acceptors (Lipinski definition) is 5. The number of nitrogens with zero attached hydrogens (tertiary/aromatic N) is 4. The van der Waals surface area contributed by atoms with Crippen molar-refractivity contribution in [3.05, 3.63) is 194 Å². The summed E-state index contributed by atoms with van der Waals surface area (Å²) < 4.78 is 9.53. The Morgan fingerprint density at radius 1 is 0.483 bits per heavy atom. The number of rotatable bonds is 7. The van der Waals surface area contributed by atoms with Crippen molar-refractivity contribution in [2.24, 2.45) is 0 Å². The minimum absolute atomic E-state index is 0.00415. The number of para-hydroxylation sites is 3. The molecule has 0 unspecified atom stereocenters. The first-order valence-electron chi connectivity index (χ1n) is 19.7. The summed E-state index contributed by atoms with van der Waals surface area (Å²) in [4.78, 5) is 12.0. The van der Waals surface area contributed by atoms with Gasteiger partial charge >= 0.3 is 246 Å². The molecule has 0 fully saturated rings. The van der Waals surface area contributed by atoms with E-state index in [0.717, 1.165) is 40.1 Å². The Morgan fingerprint density at radius 2 is 1.09 bits per heavy atom. The normalized spacial score (nSPS) is 13.2. The van der Waals surface area contributed by atoms with Crippen LogP contribution >= 0.6 is 0 Å². The summed E-state index contributed by atoms with van der Waals surface area (Å²) in [7, 11) is 0. The van der Waals surface area contributed by atoms with E-state index in [1.807, 2.05) is 12.3 Å². The van der Waals surface area contributed by atoms with Crippen molar-refractivity contribution in [1.82, 2.24) is 4.98 Å². The molecule has 0 atom stereocenters. The van der Waals surface area contributed by atoms with Crippen LogP contribution in [0, 0.1) is 0 Å². The van der Waals surface area contributed by atoms with Gasteiger partial charge in [0.1, 0.15) is 0 Å². The van der Waals surface area contributed by atoms with Gasteiger partial charge in [0, 0.05) is 0 Å². The Bertz CT molecular complexity index is 2720. The van der Waals surface area contributed by atoms with Gasteiger partial charge in [0.2, 0.25) is 0 Å². The van der Waals surface area contributed by atoms with Gasteiger partial charge in [-0.1, -0.05) is 66.7 Å². The van der Waals surface area contributed by atoms with Crippen LogP contribution in [-0.2, 0) is 5.41 Å². The van der Waals surface area contributed by atoms with Crippen LogP contribution in [0.15, 0.2) is 188 Å². The van der Waals surface area contributed by atoms with Gasteiger partial charge in [0.05, 0.1) is 0 Å². The quantitative estimate of drug-likeness (QED) is 0.149. The molecule has 6 heteroatoms. The molecule has 0 N–H and O–H groups in total. The molecular weight excluding hydrogens is 824 g/mol. The van der Waals surface area contributed by atoms with Crippen LogP contribution in [-0.4, -0.2) is 32.6 Å². The van der Waals surface area contributed by atoms with Crippen molar-refractivity contribution < 1.29 is 4.74 Å². The number of ether oxygens (including phenoxy) is 1. The van der Waals surface area contributed by atoms with Gasteiger partial charge < -0.3 is 0 Å². The van der Waals surface area contributed by atoms with Crippen molar-refractivity contribution in [2.45, 2.75) is 26.2 Å². The fraction of sp³-hybridized carbons (Fsp3) is 0.0962. The molecule has 0 spiro atoms. The molecule has 282 valence electrons. The van der Waals surface area contributed by atoms with Gasteiger partial charge in [0.25, 0.3) is 0 Å². The van der Waals surface area contributed by atoms with E-state index in [4.69, 9.17) is 9.72 Å². The molecule has 0 bridgehead atoms. The average Bonchev–Trinajstić information content (AvgIpc) is 3.66. The molecule has 2 aliphatic rings. The second-order valence-electron chi connectivity index (χ2n) is 15.8. The van der Waals surface area contributed by atoms with Gasteiger partial charge in [-0.3, -0.25) is 0 Å². The van der Waals surface area contributed by atoms with Crippen LogP contribution in [0.25, 0.3) is 22.3 Å². The molecule has 0 saturated heterocycles. The number of benzene rings is 7. The van der Waals surface area contributed by atoms with Crippen LogP contribution in [0.3, 0.4) is 0 Å². The molecule has 2 aliphatic heterocycles. The van der Waals surface area contributed by atoms with Crippen LogP contribution in [0.1, 0.15) is 26.3 Å². The Kier molecular flexibility index (Phi) is 9.25. The molecule has 0 radical (unpaired) electrons. The van der Waals surface area contributed by atoms with Crippen LogP contribution in [0.2, 0.25) is 0 Å². The SMILES string of the molecule is CC(C)(C)c1ccnc(N2c3ccccc3[Te]c3ccc(Oc4cccc(N5CN(c6cc(-c7ccccc7)cc(-c7ccccc7)c6)c6ccccc65)c4)cc32)c1. The van der Waals surface area contributed by atoms with Crippen molar-refractivity contribution in [3.8, 4) is 33.8 Å². The maximum atomic E-state index is 6.75. The molecule has 10 rings (SSSR count). The summed E-state index contributed by atoms with van der Waals surface area (Å²) >= 11 is -0.600. The third-order valence-corrected chi connectivity index (χ3v) is 14.1. The van der Waals surface area contributed by atoms with Crippen LogP contribution < -0.4 is 26.7 Å². The Hall–Kier alpha value is -6.32. The summed E-state index contributed by atoms with van der Waals surface area (Å²) in [6, 6.07) is 65.1. The number of fused-ring (bicyclic) bond motifs is 3. The topological polar surface area (TPSA) is 31.8 Å². The third-order valence-electron chi connectivity index (χ3n) is 10.9. The number of anilines is 7. The fourth-order valence-corrected chi connectivity index (χ4v) is 10.9. The fourth-order valence-electron chi connectivity index (χ4n) is 7.92. The second-order valence-corrected chi connectivity index (χ2v) is 18.9. The first-order valence-corrected chi connectivity index (χ1v) is 22.0. The summed E-state index contributed by atoms with van der Waals surface area (Å²) in [6.45, 7) is 7.41. The Balaban J connectivity index is 0.983. The Morgan fingerprint density at radius 3 is 1.78 bits per heavy atom. The van der Waals surface area contributed by atoms with E-state index in [9.17, 15) is 0 Å². The van der Waals surface area contributed by atoms with Gasteiger partial charge in [-0.25, -0.2) is 0 Å². The molecule has 3 heterocycles. The van der Waals surface area contributed by atoms with E-state index in [-0.39, 0.29) is 5.41 Å². The predicted molar refractivity (Wildman–Crippen MR) is 242 cm³/mol. The molecule has 7 aromatic carbocycles. The number of pyridine rings is 1. The first kappa shape index (κ1) is 36.0. The van der Waals surface area contributed by atoms with Crippen molar-refractivity contribution in [2.75, 3.05) is 21.4 Å². The van der Waals surface area contributed by atoms with E-state index in [1.165, 1.54) is 46.4 Å². The third kappa shape index (κ3) is 6.89. The molecule has 58 heavy (non-hydrogen) atoms. The van der Waals surface area contributed by atoms with E-state index in [1.54, 1.807) is 0 Å². The molecule has 0 aliphatic carbocycles. The van der Waals surface area contributed by atoms with Crippen LogP contribution in [0.4, 0.5) is 39.9 Å². The monoisotopic (exact) mass is 868 g/mol. The molecular formula is C52H42N4OTe. The van der Waals surface area contributed by atoms with E-state index >= 15 is 0 Å². The molecule has 8 aromatic rings. The summed E-state index contributed by atoms with van der Waals surface area (Å²) in [5, 5.41) is 0. The molecule has 0 amide bonds. The summed E-state index contributed by atoms with van der Waals surface area (Å²) in [6.07, 6.45) is 1.94. The van der Waals surface area contributed by atoms with Gasteiger partial charge in [-0.2, -0.15) is 0 Å². The van der Waals surface area contributed by atoms with Crippen molar-refractivity contribution >= 4 is 68.1 Å². The van der Waals surface area contributed by atoms with Crippen LogP contribution in [0.5, 0.6) is 11.5 Å². The van der Waals surface area contributed by atoms with Gasteiger partial charge in [0.15, 0.2) is 0 Å². The summed E-state index contributed by atoms with van der Waals surface area (Å²) in [5.74, 6) is 2.52. The van der Waals surface area contributed by atoms with E-state index in [0.29, 0.717) is 6.67 Å². The predicted octanol–water partition coefficient (Wildman–Crippen LogP) is 12.2. The minimum atomic E-state index is -0.600.